The Kier molecular flexibility index (Phi) is 6.01. The molecule has 0 radical (unpaired) electrons. The number of methoxy groups -OCH3 is 1. The van der Waals surface area contributed by atoms with Crippen LogP contribution in [0, 0.1) is 0 Å². The summed E-state index contributed by atoms with van der Waals surface area (Å²) in [5.74, 6) is 0.359. The summed E-state index contributed by atoms with van der Waals surface area (Å²) in [4.78, 5) is 18.3. The fraction of sp³-hybridized carbons (Fsp3) is 0.182. The summed E-state index contributed by atoms with van der Waals surface area (Å²) in [6, 6.07) is 10.5. The second-order valence-corrected chi connectivity index (χ2v) is 8.34. The van der Waals surface area contributed by atoms with Crippen LogP contribution >= 0.6 is 23.2 Å². The Morgan fingerprint density at radius 2 is 1.78 bits per heavy atom. The number of hydrogen-bond acceptors (Lipinski definition) is 5. The first kappa shape index (κ1) is 22.0. The number of carbonyl (C=O) groups excluding carboxylic acids is 1. The molecule has 0 aliphatic carbocycles. The molecule has 2 amide bonds. The van der Waals surface area contributed by atoms with Crippen molar-refractivity contribution in [3.8, 4) is 5.82 Å². The second-order valence-electron chi connectivity index (χ2n) is 7.50. The van der Waals surface area contributed by atoms with Gasteiger partial charge in [0.05, 0.1) is 34.9 Å². The molecular formula is C22H20Cl2N6O2. The lowest BCUT2D eigenvalue weighted by Crippen LogP contribution is -2.26. The van der Waals surface area contributed by atoms with Gasteiger partial charge in [-0.05, 0) is 48.9 Å². The van der Waals surface area contributed by atoms with Gasteiger partial charge in [-0.25, -0.2) is 9.78 Å². The van der Waals surface area contributed by atoms with E-state index in [4.69, 9.17) is 27.9 Å². The molecule has 2 N–H and O–H groups in total. The number of hydrogen-bond donors (Lipinski definition) is 2. The minimum atomic E-state index is -0.684. The Labute approximate surface area is 194 Å². The molecule has 2 heterocycles. The number of pyridine rings is 1. The maximum Gasteiger partial charge on any atom is 0.323 e. The van der Waals surface area contributed by atoms with Crippen molar-refractivity contribution in [2.45, 2.75) is 19.4 Å². The highest BCUT2D eigenvalue weighted by Gasteiger charge is 2.26. The van der Waals surface area contributed by atoms with Crippen molar-refractivity contribution in [3.63, 3.8) is 0 Å². The van der Waals surface area contributed by atoms with Crippen LogP contribution in [0.3, 0.4) is 0 Å². The highest BCUT2D eigenvalue weighted by Crippen LogP contribution is 2.38. The Hall–Kier alpha value is -3.20. The standard InChI is InChI=1S/C22H20Cl2N6O2/c1-22(2,32-3)19-16-10-14(23)6-4-13(16)5-7-18(19)29-21(31)28-15-11-17(24)20(25-12-15)30-26-8-9-27-30/h4-12H,1-3H3,(H2,28,29,31). The van der Waals surface area contributed by atoms with E-state index in [1.54, 1.807) is 13.2 Å². The van der Waals surface area contributed by atoms with Gasteiger partial charge in [0.2, 0.25) is 0 Å². The minimum Gasteiger partial charge on any atom is -0.374 e. The van der Waals surface area contributed by atoms with Crippen molar-refractivity contribution in [2.24, 2.45) is 0 Å². The van der Waals surface area contributed by atoms with Crippen LogP contribution in [0.1, 0.15) is 19.4 Å². The molecule has 0 saturated carbocycles. The lowest BCUT2D eigenvalue weighted by molar-refractivity contribution is 0.0211. The third-order valence-electron chi connectivity index (χ3n) is 5.03. The van der Waals surface area contributed by atoms with Gasteiger partial charge in [-0.15, -0.1) is 4.80 Å². The first-order chi connectivity index (χ1) is 15.3. The number of amides is 2. The third-order valence-corrected chi connectivity index (χ3v) is 5.55. The molecule has 0 bridgehead atoms. The van der Waals surface area contributed by atoms with Gasteiger partial charge in [-0.2, -0.15) is 10.2 Å². The molecule has 164 valence electrons. The molecule has 4 aromatic rings. The van der Waals surface area contributed by atoms with E-state index in [9.17, 15) is 4.79 Å². The quantitative estimate of drug-likeness (QED) is 0.393. The third kappa shape index (κ3) is 4.38. The number of anilines is 2. The molecule has 2 aromatic carbocycles. The van der Waals surface area contributed by atoms with Crippen molar-refractivity contribution in [3.05, 3.63) is 70.6 Å². The zero-order valence-corrected chi connectivity index (χ0v) is 19.1. The van der Waals surface area contributed by atoms with Crippen molar-refractivity contribution < 1.29 is 9.53 Å². The highest BCUT2D eigenvalue weighted by molar-refractivity contribution is 6.32. The van der Waals surface area contributed by atoms with E-state index in [-0.39, 0.29) is 0 Å². The number of benzene rings is 2. The van der Waals surface area contributed by atoms with Gasteiger partial charge in [-0.3, -0.25) is 0 Å². The molecule has 4 rings (SSSR count). The average Bonchev–Trinajstić information content (AvgIpc) is 3.27. The molecular weight excluding hydrogens is 451 g/mol. The number of ether oxygens (including phenoxy) is 1. The zero-order chi connectivity index (χ0) is 22.9. The van der Waals surface area contributed by atoms with E-state index in [2.05, 4.69) is 25.8 Å². The number of halogens is 2. The highest BCUT2D eigenvalue weighted by atomic mass is 35.5. The number of fused-ring (bicyclic) bond motifs is 1. The largest absolute Gasteiger partial charge is 0.374 e. The molecule has 10 heteroatoms. The predicted octanol–water partition coefficient (Wildman–Crippen LogP) is 5.65. The monoisotopic (exact) mass is 470 g/mol. The number of nitrogens with one attached hydrogen (secondary N) is 2. The van der Waals surface area contributed by atoms with Crippen LogP contribution < -0.4 is 10.6 Å². The molecule has 32 heavy (non-hydrogen) atoms. The van der Waals surface area contributed by atoms with Gasteiger partial charge in [0.25, 0.3) is 0 Å². The lowest BCUT2D eigenvalue weighted by atomic mass is 9.90. The van der Waals surface area contributed by atoms with Crippen LogP contribution in [-0.2, 0) is 10.3 Å². The van der Waals surface area contributed by atoms with Crippen molar-refractivity contribution in [1.82, 2.24) is 20.0 Å². The molecule has 2 aromatic heterocycles. The van der Waals surface area contributed by atoms with E-state index in [0.717, 1.165) is 16.3 Å². The first-order valence-corrected chi connectivity index (χ1v) is 10.4. The van der Waals surface area contributed by atoms with E-state index in [1.807, 2.05) is 44.2 Å². The van der Waals surface area contributed by atoms with Crippen molar-refractivity contribution in [2.75, 3.05) is 17.7 Å². The van der Waals surface area contributed by atoms with Gasteiger partial charge >= 0.3 is 6.03 Å². The van der Waals surface area contributed by atoms with E-state index in [0.29, 0.717) is 27.2 Å². The summed E-state index contributed by atoms with van der Waals surface area (Å²) in [7, 11) is 1.62. The van der Waals surface area contributed by atoms with Gasteiger partial charge < -0.3 is 15.4 Å². The van der Waals surface area contributed by atoms with E-state index in [1.165, 1.54) is 23.4 Å². The van der Waals surface area contributed by atoms with E-state index < -0.39 is 11.6 Å². The Morgan fingerprint density at radius 1 is 1.06 bits per heavy atom. The summed E-state index contributed by atoms with van der Waals surface area (Å²) in [6.45, 7) is 3.86. The van der Waals surface area contributed by atoms with Crippen LogP contribution in [0.5, 0.6) is 0 Å². The molecule has 0 aliphatic rings. The number of rotatable bonds is 5. The van der Waals surface area contributed by atoms with Gasteiger partial charge in [0.1, 0.15) is 0 Å². The smallest absolute Gasteiger partial charge is 0.323 e. The van der Waals surface area contributed by atoms with Crippen LogP contribution in [0.4, 0.5) is 16.2 Å². The topological polar surface area (TPSA) is 94.0 Å². The van der Waals surface area contributed by atoms with E-state index >= 15 is 0 Å². The summed E-state index contributed by atoms with van der Waals surface area (Å²) in [5.41, 5.74) is 1.14. The fourth-order valence-electron chi connectivity index (χ4n) is 3.40. The molecule has 0 fully saturated rings. The molecule has 0 saturated heterocycles. The van der Waals surface area contributed by atoms with Crippen LogP contribution in [0.25, 0.3) is 16.6 Å². The Balaban J connectivity index is 1.63. The van der Waals surface area contributed by atoms with Crippen molar-refractivity contribution in [1.29, 1.82) is 0 Å². The maximum atomic E-state index is 12.8. The van der Waals surface area contributed by atoms with Crippen LogP contribution in [0.2, 0.25) is 10.0 Å². The summed E-state index contributed by atoms with van der Waals surface area (Å²) in [6.07, 6.45) is 4.52. The zero-order valence-electron chi connectivity index (χ0n) is 17.6. The number of urea groups is 1. The first-order valence-electron chi connectivity index (χ1n) is 9.66. The molecule has 0 atom stereocenters. The number of aromatic nitrogens is 4. The van der Waals surface area contributed by atoms with Gasteiger partial charge in [0.15, 0.2) is 5.82 Å². The SMILES string of the molecule is COC(C)(C)c1c(NC(=O)Nc2cnc(-n3nccn3)c(Cl)c2)ccc2ccc(Cl)cc12. The lowest BCUT2D eigenvalue weighted by Gasteiger charge is -2.28. The van der Waals surface area contributed by atoms with Gasteiger partial charge in [0, 0.05) is 23.4 Å². The van der Waals surface area contributed by atoms with Crippen molar-refractivity contribution >= 4 is 51.4 Å². The number of nitrogens with zero attached hydrogens (tertiary/aromatic N) is 4. The summed E-state index contributed by atoms with van der Waals surface area (Å²) in [5, 5.41) is 16.4. The summed E-state index contributed by atoms with van der Waals surface area (Å²) < 4.78 is 5.72. The predicted molar refractivity (Wildman–Crippen MR) is 126 cm³/mol. The molecule has 0 unspecified atom stereocenters. The normalized spacial score (nSPS) is 11.5. The average molecular weight is 471 g/mol. The molecule has 8 nitrogen and oxygen atoms in total. The molecule has 0 spiro atoms. The fourth-order valence-corrected chi connectivity index (χ4v) is 3.82. The summed E-state index contributed by atoms with van der Waals surface area (Å²) >= 11 is 12.5. The van der Waals surface area contributed by atoms with Crippen LogP contribution in [-0.4, -0.2) is 33.1 Å². The van der Waals surface area contributed by atoms with Crippen LogP contribution in [0.15, 0.2) is 55.0 Å². The Morgan fingerprint density at radius 3 is 2.47 bits per heavy atom. The second kappa shape index (κ2) is 8.74. The minimum absolute atomic E-state index is 0.292. The van der Waals surface area contributed by atoms with Gasteiger partial charge in [-0.1, -0.05) is 35.3 Å². The molecule has 0 aliphatic heterocycles. The Bertz CT molecular complexity index is 1290. The maximum absolute atomic E-state index is 12.8. The number of carbonyl (C=O) groups is 1.